The summed E-state index contributed by atoms with van der Waals surface area (Å²) in [5.74, 6) is -3.24. The Balaban J connectivity index is 1.42. The molecular weight excluding hydrogens is 476 g/mol. The highest BCUT2D eigenvalue weighted by Gasteiger charge is 2.30. The maximum Gasteiger partial charge on any atom is 0.270 e. The number of nitrogens with zero attached hydrogens (tertiary/aromatic N) is 2. The second-order valence-corrected chi connectivity index (χ2v) is 8.05. The minimum atomic E-state index is -0.709. The molecule has 0 spiro atoms. The summed E-state index contributed by atoms with van der Waals surface area (Å²) in [4.78, 5) is 69.5. The molecule has 1 aliphatic carbocycles. The number of carbonyl (C=O) groups excluding carboxylic acids is 4. The molecule has 2 aromatic rings. The molecule has 0 unspecified atom stereocenters. The van der Waals surface area contributed by atoms with Gasteiger partial charge in [0.25, 0.3) is 23.2 Å². The van der Waals surface area contributed by atoms with E-state index in [0.29, 0.717) is 25.7 Å². The van der Waals surface area contributed by atoms with Gasteiger partial charge < -0.3 is 0 Å². The fourth-order valence-electron chi connectivity index (χ4n) is 3.72. The highest BCUT2D eigenvalue weighted by atomic mass is 16.6. The molecule has 0 saturated heterocycles. The van der Waals surface area contributed by atoms with Gasteiger partial charge in [0.05, 0.1) is 9.85 Å². The Morgan fingerprint density at radius 1 is 0.639 bits per heavy atom. The molecule has 4 amide bonds. The second kappa shape index (κ2) is 11.5. The van der Waals surface area contributed by atoms with Crippen LogP contribution in [0, 0.1) is 32.1 Å². The van der Waals surface area contributed by atoms with E-state index in [4.69, 9.17) is 0 Å². The van der Waals surface area contributed by atoms with Gasteiger partial charge in [-0.3, -0.25) is 61.1 Å². The van der Waals surface area contributed by atoms with E-state index >= 15 is 0 Å². The molecule has 14 heteroatoms. The van der Waals surface area contributed by atoms with Crippen molar-refractivity contribution in [2.45, 2.75) is 25.7 Å². The summed E-state index contributed by atoms with van der Waals surface area (Å²) in [5, 5.41) is 21.7. The Hall–Kier alpha value is -4.88. The number of non-ortho nitro benzene ring substituents is 2. The van der Waals surface area contributed by atoms with Crippen LogP contribution in [0.4, 0.5) is 11.4 Å². The van der Waals surface area contributed by atoms with Gasteiger partial charge in [-0.05, 0) is 37.8 Å². The largest absolute Gasteiger partial charge is 0.273 e. The number of hydrazine groups is 2. The van der Waals surface area contributed by atoms with Crippen molar-refractivity contribution in [1.29, 1.82) is 0 Å². The number of benzene rings is 2. The Morgan fingerprint density at radius 2 is 1.00 bits per heavy atom. The maximum absolute atomic E-state index is 12.4. The highest BCUT2D eigenvalue weighted by Crippen LogP contribution is 2.29. The van der Waals surface area contributed by atoms with Crippen LogP contribution in [-0.2, 0) is 9.59 Å². The summed E-state index contributed by atoms with van der Waals surface area (Å²) in [5.41, 5.74) is 8.56. The van der Waals surface area contributed by atoms with Crippen molar-refractivity contribution in [3.05, 3.63) is 79.9 Å². The van der Waals surface area contributed by atoms with Crippen LogP contribution in [0.5, 0.6) is 0 Å². The van der Waals surface area contributed by atoms with Crippen molar-refractivity contribution in [3.8, 4) is 0 Å². The zero-order chi connectivity index (χ0) is 26.2. The molecule has 2 aromatic carbocycles. The molecule has 3 rings (SSSR count). The fraction of sp³-hybridized carbons (Fsp3) is 0.273. The van der Waals surface area contributed by atoms with Crippen LogP contribution in [0.2, 0.25) is 0 Å². The van der Waals surface area contributed by atoms with E-state index in [9.17, 15) is 39.4 Å². The molecule has 0 aliphatic heterocycles. The maximum atomic E-state index is 12.4. The van der Waals surface area contributed by atoms with Crippen LogP contribution in [0.25, 0.3) is 0 Å². The molecular formula is C22H22N6O8. The lowest BCUT2D eigenvalue weighted by Gasteiger charge is -2.27. The molecule has 4 N–H and O–H groups in total. The first-order valence-electron chi connectivity index (χ1n) is 10.8. The third-order valence-corrected chi connectivity index (χ3v) is 5.71. The SMILES string of the molecule is O=C(NNC(=O)C1CCC(C(=O)NNC(=O)c2cccc([N+](=O)[O-])c2)CC1)c1cccc([N+](=O)[O-])c1. The molecule has 0 atom stereocenters. The van der Waals surface area contributed by atoms with Crippen LogP contribution in [0.1, 0.15) is 46.4 Å². The number of nitrogens with one attached hydrogen (secondary N) is 4. The molecule has 0 bridgehead atoms. The lowest BCUT2D eigenvalue weighted by atomic mass is 9.81. The van der Waals surface area contributed by atoms with Crippen LogP contribution >= 0.6 is 0 Å². The van der Waals surface area contributed by atoms with E-state index in [0.717, 1.165) is 12.1 Å². The molecule has 14 nitrogen and oxygen atoms in total. The number of hydrogen-bond acceptors (Lipinski definition) is 8. The molecule has 0 radical (unpaired) electrons. The predicted octanol–water partition coefficient (Wildman–Crippen LogP) is 1.53. The first-order valence-corrected chi connectivity index (χ1v) is 10.8. The van der Waals surface area contributed by atoms with Crippen molar-refractivity contribution >= 4 is 35.0 Å². The van der Waals surface area contributed by atoms with Gasteiger partial charge in [-0.1, -0.05) is 12.1 Å². The Labute approximate surface area is 203 Å². The number of carbonyl (C=O) groups is 4. The summed E-state index contributed by atoms with van der Waals surface area (Å²) in [6, 6.07) is 10.1. The topological polar surface area (TPSA) is 203 Å². The summed E-state index contributed by atoms with van der Waals surface area (Å²) >= 11 is 0. The zero-order valence-electron chi connectivity index (χ0n) is 18.8. The Kier molecular flexibility index (Phi) is 8.22. The quantitative estimate of drug-likeness (QED) is 0.339. The highest BCUT2D eigenvalue weighted by molar-refractivity contribution is 5.97. The van der Waals surface area contributed by atoms with E-state index in [1.165, 1.54) is 36.4 Å². The minimum absolute atomic E-state index is 0.0111. The average Bonchev–Trinajstić information content (AvgIpc) is 2.90. The summed E-state index contributed by atoms with van der Waals surface area (Å²) < 4.78 is 0. The Bertz CT molecular complexity index is 1120. The van der Waals surface area contributed by atoms with Gasteiger partial charge in [-0.25, -0.2) is 0 Å². The average molecular weight is 498 g/mol. The predicted molar refractivity (Wildman–Crippen MR) is 123 cm³/mol. The molecule has 1 saturated carbocycles. The van der Waals surface area contributed by atoms with Crippen molar-refractivity contribution in [1.82, 2.24) is 21.7 Å². The first kappa shape index (κ1) is 25.7. The van der Waals surface area contributed by atoms with E-state index < -0.39 is 45.3 Å². The van der Waals surface area contributed by atoms with E-state index in [2.05, 4.69) is 21.7 Å². The smallest absolute Gasteiger partial charge is 0.270 e. The number of rotatable bonds is 6. The van der Waals surface area contributed by atoms with Gasteiger partial charge in [-0.2, -0.15) is 0 Å². The molecule has 1 fully saturated rings. The molecule has 188 valence electrons. The van der Waals surface area contributed by atoms with Gasteiger partial charge in [0, 0.05) is 47.2 Å². The normalized spacial score (nSPS) is 16.8. The molecule has 1 aliphatic rings. The van der Waals surface area contributed by atoms with Gasteiger partial charge >= 0.3 is 0 Å². The van der Waals surface area contributed by atoms with Crippen molar-refractivity contribution in [2.75, 3.05) is 0 Å². The van der Waals surface area contributed by atoms with Crippen LogP contribution in [-0.4, -0.2) is 33.5 Å². The van der Waals surface area contributed by atoms with Crippen LogP contribution < -0.4 is 21.7 Å². The van der Waals surface area contributed by atoms with Crippen molar-refractivity contribution in [2.24, 2.45) is 11.8 Å². The van der Waals surface area contributed by atoms with Gasteiger partial charge in [-0.15, -0.1) is 0 Å². The van der Waals surface area contributed by atoms with Gasteiger partial charge in [0.15, 0.2) is 0 Å². The number of nitro benzene ring substituents is 2. The number of amides is 4. The van der Waals surface area contributed by atoms with Crippen LogP contribution in [0.15, 0.2) is 48.5 Å². The van der Waals surface area contributed by atoms with Crippen molar-refractivity contribution in [3.63, 3.8) is 0 Å². The lowest BCUT2D eigenvalue weighted by molar-refractivity contribution is -0.385. The van der Waals surface area contributed by atoms with E-state index in [1.807, 2.05) is 0 Å². The van der Waals surface area contributed by atoms with E-state index in [1.54, 1.807) is 0 Å². The fourth-order valence-corrected chi connectivity index (χ4v) is 3.72. The first-order chi connectivity index (χ1) is 17.2. The second-order valence-electron chi connectivity index (χ2n) is 8.05. The van der Waals surface area contributed by atoms with E-state index in [-0.39, 0.29) is 22.5 Å². The number of nitro groups is 2. The number of hydrogen-bond donors (Lipinski definition) is 4. The summed E-state index contributed by atoms with van der Waals surface area (Å²) in [6.07, 6.45) is 1.43. The lowest BCUT2D eigenvalue weighted by Crippen LogP contribution is -2.47. The van der Waals surface area contributed by atoms with Crippen LogP contribution in [0.3, 0.4) is 0 Å². The van der Waals surface area contributed by atoms with Crippen molar-refractivity contribution < 1.29 is 29.0 Å². The third kappa shape index (κ3) is 6.59. The standard InChI is InChI=1S/C22H22N6O8/c29-19(23-25-21(31)15-3-1-5-17(11-15)27(33)34)13-7-9-14(10-8-13)20(30)24-26-22(32)16-4-2-6-18(12-16)28(35)36/h1-6,11-14H,7-10H2,(H,23,29)(H,24,30)(H,25,31)(H,26,32). The molecule has 0 aromatic heterocycles. The third-order valence-electron chi connectivity index (χ3n) is 5.71. The monoisotopic (exact) mass is 498 g/mol. The summed E-state index contributed by atoms with van der Waals surface area (Å²) in [7, 11) is 0. The van der Waals surface area contributed by atoms with Gasteiger partial charge in [0.2, 0.25) is 11.8 Å². The zero-order valence-corrected chi connectivity index (χ0v) is 18.8. The Morgan fingerprint density at radius 3 is 1.33 bits per heavy atom. The summed E-state index contributed by atoms with van der Waals surface area (Å²) in [6.45, 7) is 0. The van der Waals surface area contributed by atoms with Gasteiger partial charge in [0.1, 0.15) is 0 Å². The minimum Gasteiger partial charge on any atom is -0.273 e. The molecule has 0 heterocycles. The molecule has 36 heavy (non-hydrogen) atoms.